The fourth-order valence-electron chi connectivity index (χ4n) is 2.21. The molecule has 20 heavy (non-hydrogen) atoms. The van der Waals surface area contributed by atoms with Gasteiger partial charge in [-0.1, -0.05) is 24.3 Å². The second-order valence-corrected chi connectivity index (χ2v) is 5.23. The quantitative estimate of drug-likeness (QED) is 0.760. The van der Waals surface area contributed by atoms with E-state index in [1.165, 1.54) is 0 Å². The lowest BCUT2D eigenvalue weighted by molar-refractivity contribution is 0.0696. The highest BCUT2D eigenvalue weighted by molar-refractivity contribution is 9.10. The van der Waals surface area contributed by atoms with Crippen LogP contribution in [-0.4, -0.2) is 16.1 Å². The van der Waals surface area contributed by atoms with E-state index in [0.29, 0.717) is 4.47 Å². The molecule has 1 N–H and O–H groups in total. The summed E-state index contributed by atoms with van der Waals surface area (Å²) in [6.45, 7) is 0. The molecule has 4 heteroatoms. The number of rotatable bonds is 2. The van der Waals surface area contributed by atoms with E-state index in [1.54, 1.807) is 18.3 Å². The maximum Gasteiger partial charge on any atom is 0.336 e. The van der Waals surface area contributed by atoms with E-state index in [9.17, 15) is 9.90 Å². The molecule has 98 valence electrons. The normalized spacial score (nSPS) is 10.7. The van der Waals surface area contributed by atoms with Crippen molar-refractivity contribution in [1.82, 2.24) is 4.98 Å². The molecule has 0 bridgehead atoms. The largest absolute Gasteiger partial charge is 0.478 e. The van der Waals surface area contributed by atoms with Crippen LogP contribution in [0.2, 0.25) is 0 Å². The van der Waals surface area contributed by atoms with Gasteiger partial charge in [-0.2, -0.15) is 0 Å². The highest BCUT2D eigenvalue weighted by atomic mass is 79.9. The Balaban J connectivity index is 2.26. The maximum atomic E-state index is 11.2. The molecule has 0 aliphatic carbocycles. The molecule has 2 aromatic carbocycles. The second-order valence-electron chi connectivity index (χ2n) is 4.38. The number of hydrogen-bond acceptors (Lipinski definition) is 2. The zero-order valence-electron chi connectivity index (χ0n) is 10.4. The average molecular weight is 328 g/mol. The van der Waals surface area contributed by atoms with Crippen LogP contribution in [-0.2, 0) is 0 Å². The third-order valence-corrected chi connectivity index (χ3v) is 3.84. The van der Waals surface area contributed by atoms with E-state index in [2.05, 4.69) is 20.9 Å². The Morgan fingerprint density at radius 2 is 1.95 bits per heavy atom. The minimum absolute atomic E-state index is 0.253. The van der Waals surface area contributed by atoms with Crippen molar-refractivity contribution in [2.45, 2.75) is 0 Å². The molecule has 0 fully saturated rings. The van der Waals surface area contributed by atoms with Gasteiger partial charge in [-0.15, -0.1) is 0 Å². The number of pyridine rings is 1. The Labute approximate surface area is 124 Å². The summed E-state index contributed by atoms with van der Waals surface area (Å²) >= 11 is 3.26. The first-order valence-electron chi connectivity index (χ1n) is 6.04. The fourth-order valence-corrected chi connectivity index (χ4v) is 2.63. The summed E-state index contributed by atoms with van der Waals surface area (Å²) < 4.78 is 0.576. The van der Waals surface area contributed by atoms with Crippen LogP contribution in [0.15, 0.2) is 59.2 Å². The van der Waals surface area contributed by atoms with Gasteiger partial charge < -0.3 is 5.11 Å². The van der Waals surface area contributed by atoms with Crippen molar-refractivity contribution >= 4 is 32.8 Å². The fraction of sp³-hybridized carbons (Fsp3) is 0. The highest BCUT2D eigenvalue weighted by Crippen LogP contribution is 2.30. The van der Waals surface area contributed by atoms with Crippen molar-refractivity contribution in [3.63, 3.8) is 0 Å². The van der Waals surface area contributed by atoms with Gasteiger partial charge >= 0.3 is 5.97 Å². The molecule has 0 aliphatic rings. The van der Waals surface area contributed by atoms with Crippen LogP contribution in [0.4, 0.5) is 0 Å². The van der Waals surface area contributed by atoms with Gasteiger partial charge in [-0.25, -0.2) is 4.79 Å². The topological polar surface area (TPSA) is 50.2 Å². The molecule has 0 spiro atoms. The van der Waals surface area contributed by atoms with E-state index >= 15 is 0 Å². The molecule has 3 rings (SSSR count). The molecule has 0 amide bonds. The molecule has 3 nitrogen and oxygen atoms in total. The summed E-state index contributed by atoms with van der Waals surface area (Å²) in [4.78, 5) is 15.5. The van der Waals surface area contributed by atoms with Crippen LogP contribution >= 0.6 is 15.9 Å². The number of carbonyl (C=O) groups is 1. The van der Waals surface area contributed by atoms with Gasteiger partial charge in [0, 0.05) is 16.1 Å². The molecule has 0 aliphatic heterocycles. The summed E-state index contributed by atoms with van der Waals surface area (Å²) in [7, 11) is 0. The monoisotopic (exact) mass is 327 g/mol. The molecule has 0 saturated heterocycles. The molecule has 1 aromatic heterocycles. The molecule has 0 unspecified atom stereocenters. The lowest BCUT2D eigenvalue weighted by atomic mass is 9.99. The Morgan fingerprint density at radius 3 is 2.75 bits per heavy atom. The van der Waals surface area contributed by atoms with Gasteiger partial charge in [0.15, 0.2) is 0 Å². The number of carboxylic acids is 1. The summed E-state index contributed by atoms with van der Waals surface area (Å²) in [6.07, 6.45) is 1.75. The zero-order chi connectivity index (χ0) is 14.1. The maximum absolute atomic E-state index is 11.2. The second kappa shape index (κ2) is 5.06. The van der Waals surface area contributed by atoms with E-state index in [4.69, 9.17) is 0 Å². The summed E-state index contributed by atoms with van der Waals surface area (Å²) in [5.74, 6) is -0.947. The van der Waals surface area contributed by atoms with Crippen molar-refractivity contribution in [2.75, 3.05) is 0 Å². The van der Waals surface area contributed by atoms with Crippen LogP contribution in [0.3, 0.4) is 0 Å². The van der Waals surface area contributed by atoms with Gasteiger partial charge in [-0.3, -0.25) is 4.98 Å². The molecule has 0 radical (unpaired) electrons. The third-order valence-electron chi connectivity index (χ3n) is 3.15. The average Bonchev–Trinajstić information content (AvgIpc) is 2.47. The Hall–Kier alpha value is -2.20. The standard InChI is InChI=1S/C16H10BrNO2/c17-14-7-6-10(9-13(14)16(19)20)11-3-1-5-15-12(11)4-2-8-18-15/h1-9H,(H,19,20). The van der Waals surface area contributed by atoms with Gasteiger partial charge in [0.05, 0.1) is 11.1 Å². The first-order chi connectivity index (χ1) is 9.66. The first-order valence-corrected chi connectivity index (χ1v) is 6.83. The van der Waals surface area contributed by atoms with Crippen molar-refractivity contribution in [2.24, 2.45) is 0 Å². The van der Waals surface area contributed by atoms with Crippen LogP contribution in [0.1, 0.15) is 10.4 Å². The molecule has 1 heterocycles. The van der Waals surface area contributed by atoms with Gasteiger partial charge in [-0.05, 0) is 51.3 Å². The lowest BCUT2D eigenvalue weighted by Crippen LogP contribution is -1.98. The number of aromatic carboxylic acids is 1. The predicted octanol–water partition coefficient (Wildman–Crippen LogP) is 4.36. The summed E-state index contributed by atoms with van der Waals surface area (Å²) in [5.41, 5.74) is 2.99. The Bertz CT molecular complexity index is 809. The van der Waals surface area contributed by atoms with Gasteiger partial charge in [0.25, 0.3) is 0 Å². The minimum atomic E-state index is -0.947. The number of nitrogens with zero attached hydrogens (tertiary/aromatic N) is 1. The van der Waals surface area contributed by atoms with Crippen molar-refractivity contribution in [3.05, 3.63) is 64.8 Å². The summed E-state index contributed by atoms with van der Waals surface area (Å²) in [6, 6.07) is 15.0. The molecular formula is C16H10BrNO2. The molecule has 0 atom stereocenters. The van der Waals surface area contributed by atoms with Crippen LogP contribution < -0.4 is 0 Å². The Kier molecular flexibility index (Phi) is 3.24. The highest BCUT2D eigenvalue weighted by Gasteiger charge is 2.11. The van der Waals surface area contributed by atoms with Crippen molar-refractivity contribution in [1.29, 1.82) is 0 Å². The first kappa shape index (κ1) is 12.8. The number of fused-ring (bicyclic) bond motifs is 1. The molecule has 0 saturated carbocycles. The SMILES string of the molecule is O=C(O)c1cc(-c2cccc3ncccc23)ccc1Br. The number of carboxylic acid groups (broad SMARTS) is 1. The van der Waals surface area contributed by atoms with Gasteiger partial charge in [0.2, 0.25) is 0 Å². The van der Waals surface area contributed by atoms with Crippen LogP contribution in [0.25, 0.3) is 22.0 Å². The number of benzene rings is 2. The molecule has 3 aromatic rings. The van der Waals surface area contributed by atoms with Crippen molar-refractivity contribution in [3.8, 4) is 11.1 Å². The number of aromatic nitrogens is 1. The summed E-state index contributed by atoms with van der Waals surface area (Å²) in [5, 5.41) is 10.2. The third kappa shape index (κ3) is 2.18. The van der Waals surface area contributed by atoms with Crippen LogP contribution in [0.5, 0.6) is 0 Å². The van der Waals surface area contributed by atoms with Crippen molar-refractivity contribution < 1.29 is 9.90 Å². The number of hydrogen-bond donors (Lipinski definition) is 1. The Morgan fingerprint density at radius 1 is 1.10 bits per heavy atom. The number of halogens is 1. The van der Waals surface area contributed by atoms with E-state index in [-0.39, 0.29) is 5.56 Å². The van der Waals surface area contributed by atoms with E-state index < -0.39 is 5.97 Å². The predicted molar refractivity (Wildman–Crippen MR) is 81.8 cm³/mol. The van der Waals surface area contributed by atoms with Gasteiger partial charge in [0.1, 0.15) is 0 Å². The lowest BCUT2D eigenvalue weighted by Gasteiger charge is -2.08. The molecular weight excluding hydrogens is 318 g/mol. The van der Waals surface area contributed by atoms with E-state index in [0.717, 1.165) is 22.0 Å². The van der Waals surface area contributed by atoms with Crippen LogP contribution in [0, 0.1) is 0 Å². The minimum Gasteiger partial charge on any atom is -0.478 e. The smallest absolute Gasteiger partial charge is 0.336 e. The zero-order valence-corrected chi connectivity index (χ0v) is 12.0. The van der Waals surface area contributed by atoms with E-state index in [1.807, 2.05) is 36.4 Å².